The molecule has 1 saturated heterocycles. The van der Waals surface area contributed by atoms with Crippen LogP contribution in [0.15, 0.2) is 23.1 Å². The molecule has 2 rings (SSSR count). The predicted octanol–water partition coefficient (Wildman–Crippen LogP) is 0.836. The number of phenols is 1. The van der Waals surface area contributed by atoms with Crippen LogP contribution >= 0.6 is 0 Å². The quantitative estimate of drug-likeness (QED) is 0.629. The van der Waals surface area contributed by atoms with Gasteiger partial charge in [-0.15, -0.1) is 0 Å². The van der Waals surface area contributed by atoms with Crippen molar-refractivity contribution in [2.45, 2.75) is 30.3 Å². The highest BCUT2D eigenvalue weighted by molar-refractivity contribution is 7.89. The molecule has 1 fully saturated rings. The largest absolute Gasteiger partial charge is 0.502 e. The van der Waals surface area contributed by atoms with Crippen LogP contribution in [0.5, 0.6) is 5.75 Å². The molecular formula is C12H16N2O6S. The maximum absolute atomic E-state index is 12.4. The molecule has 0 saturated carbocycles. The van der Waals surface area contributed by atoms with Gasteiger partial charge in [0.1, 0.15) is 0 Å². The van der Waals surface area contributed by atoms with Gasteiger partial charge in [0.2, 0.25) is 10.0 Å². The highest BCUT2D eigenvalue weighted by Crippen LogP contribution is 2.31. The molecule has 1 heterocycles. The SMILES string of the molecule is CC1(O)CCN(S(=O)(=O)c2ccc(O)c([N+](=O)[O-])c2)CC1. The summed E-state index contributed by atoms with van der Waals surface area (Å²) in [6.07, 6.45) is 0.596. The van der Waals surface area contributed by atoms with Crippen LogP contribution < -0.4 is 0 Å². The molecule has 0 aliphatic carbocycles. The number of phenolic OH excluding ortho intramolecular Hbond substituents is 1. The fourth-order valence-electron chi connectivity index (χ4n) is 2.17. The van der Waals surface area contributed by atoms with E-state index in [4.69, 9.17) is 0 Å². The van der Waals surface area contributed by atoms with Crippen molar-refractivity contribution in [2.75, 3.05) is 13.1 Å². The lowest BCUT2D eigenvalue weighted by Crippen LogP contribution is -2.45. The zero-order valence-electron chi connectivity index (χ0n) is 11.4. The second-order valence-corrected chi connectivity index (χ2v) is 7.25. The Morgan fingerprint density at radius 1 is 1.33 bits per heavy atom. The number of aromatic hydroxyl groups is 1. The van der Waals surface area contributed by atoms with E-state index in [9.17, 15) is 28.7 Å². The van der Waals surface area contributed by atoms with Gasteiger partial charge in [-0.2, -0.15) is 4.31 Å². The van der Waals surface area contributed by atoms with Gasteiger partial charge < -0.3 is 10.2 Å². The highest BCUT2D eigenvalue weighted by Gasteiger charge is 2.34. The molecule has 0 amide bonds. The van der Waals surface area contributed by atoms with Crippen molar-refractivity contribution in [1.29, 1.82) is 0 Å². The molecule has 0 bridgehead atoms. The fraction of sp³-hybridized carbons (Fsp3) is 0.500. The summed E-state index contributed by atoms with van der Waals surface area (Å²) >= 11 is 0. The minimum absolute atomic E-state index is 0.143. The van der Waals surface area contributed by atoms with Crippen molar-refractivity contribution in [1.82, 2.24) is 4.31 Å². The fourth-order valence-corrected chi connectivity index (χ4v) is 3.63. The van der Waals surface area contributed by atoms with Gasteiger partial charge in [-0.3, -0.25) is 10.1 Å². The number of piperidine rings is 1. The van der Waals surface area contributed by atoms with Crippen molar-refractivity contribution in [3.63, 3.8) is 0 Å². The highest BCUT2D eigenvalue weighted by atomic mass is 32.2. The van der Waals surface area contributed by atoms with Crippen molar-refractivity contribution in [2.24, 2.45) is 0 Å². The van der Waals surface area contributed by atoms with E-state index in [1.807, 2.05) is 0 Å². The first-order valence-corrected chi connectivity index (χ1v) is 7.77. The number of hydrogen-bond donors (Lipinski definition) is 2. The number of nitrogens with zero attached hydrogens (tertiary/aromatic N) is 2. The number of rotatable bonds is 3. The van der Waals surface area contributed by atoms with Crippen LogP contribution in [-0.2, 0) is 10.0 Å². The number of aliphatic hydroxyl groups is 1. The van der Waals surface area contributed by atoms with E-state index in [1.54, 1.807) is 6.92 Å². The molecule has 116 valence electrons. The van der Waals surface area contributed by atoms with Gasteiger partial charge >= 0.3 is 5.69 Å². The van der Waals surface area contributed by atoms with Gasteiger partial charge in [-0.1, -0.05) is 0 Å². The number of sulfonamides is 1. The smallest absolute Gasteiger partial charge is 0.312 e. The van der Waals surface area contributed by atoms with Gasteiger partial charge in [0.15, 0.2) is 5.75 Å². The summed E-state index contributed by atoms with van der Waals surface area (Å²) in [5.74, 6) is -0.583. The topological polar surface area (TPSA) is 121 Å². The number of benzene rings is 1. The zero-order valence-corrected chi connectivity index (χ0v) is 12.2. The number of nitro groups is 1. The average Bonchev–Trinajstić information content (AvgIpc) is 2.38. The van der Waals surface area contributed by atoms with Crippen LogP contribution in [0.3, 0.4) is 0 Å². The third-order valence-corrected chi connectivity index (χ3v) is 5.48. The van der Waals surface area contributed by atoms with E-state index in [1.165, 1.54) is 4.31 Å². The summed E-state index contributed by atoms with van der Waals surface area (Å²) in [5.41, 5.74) is -1.55. The van der Waals surface area contributed by atoms with E-state index in [0.29, 0.717) is 12.8 Å². The summed E-state index contributed by atoms with van der Waals surface area (Å²) in [6.45, 7) is 1.93. The minimum atomic E-state index is -3.88. The first-order chi connectivity index (χ1) is 9.63. The second-order valence-electron chi connectivity index (χ2n) is 5.31. The summed E-state index contributed by atoms with van der Waals surface area (Å²) in [7, 11) is -3.88. The van der Waals surface area contributed by atoms with Crippen molar-refractivity contribution < 1.29 is 23.6 Å². The van der Waals surface area contributed by atoms with E-state index in [-0.39, 0.29) is 18.0 Å². The van der Waals surface area contributed by atoms with Crippen LogP contribution in [0.4, 0.5) is 5.69 Å². The summed E-state index contributed by atoms with van der Waals surface area (Å²) in [4.78, 5) is 9.69. The first-order valence-electron chi connectivity index (χ1n) is 6.33. The number of hydrogen-bond acceptors (Lipinski definition) is 6. The van der Waals surface area contributed by atoms with Crippen LogP contribution in [0.25, 0.3) is 0 Å². The Balaban J connectivity index is 2.33. The number of nitro benzene ring substituents is 1. The first kappa shape index (κ1) is 15.7. The normalized spacial score (nSPS) is 19.3. The lowest BCUT2D eigenvalue weighted by atomic mass is 9.95. The maximum atomic E-state index is 12.4. The third kappa shape index (κ3) is 3.14. The summed E-state index contributed by atoms with van der Waals surface area (Å²) in [6, 6.07) is 2.97. The van der Waals surface area contributed by atoms with Gasteiger partial charge in [0.25, 0.3) is 0 Å². The van der Waals surface area contributed by atoms with Gasteiger partial charge in [0.05, 0.1) is 15.4 Å². The zero-order chi connectivity index (χ0) is 15.8. The Morgan fingerprint density at radius 2 is 1.90 bits per heavy atom. The molecule has 9 heteroatoms. The molecule has 1 aliphatic rings. The minimum Gasteiger partial charge on any atom is -0.502 e. The predicted molar refractivity (Wildman–Crippen MR) is 73.4 cm³/mol. The van der Waals surface area contributed by atoms with Crippen LogP contribution in [0.2, 0.25) is 0 Å². The van der Waals surface area contributed by atoms with E-state index >= 15 is 0 Å². The van der Waals surface area contributed by atoms with Gasteiger partial charge in [0, 0.05) is 19.2 Å². The Labute approximate surface area is 121 Å². The Bertz CT molecular complexity index is 660. The van der Waals surface area contributed by atoms with E-state index in [2.05, 4.69) is 0 Å². The van der Waals surface area contributed by atoms with Crippen LogP contribution in [0.1, 0.15) is 19.8 Å². The molecule has 0 atom stereocenters. The molecule has 1 aliphatic heterocycles. The molecule has 21 heavy (non-hydrogen) atoms. The average molecular weight is 316 g/mol. The maximum Gasteiger partial charge on any atom is 0.312 e. The molecule has 1 aromatic rings. The molecule has 1 aromatic carbocycles. The lowest BCUT2D eigenvalue weighted by molar-refractivity contribution is -0.386. The van der Waals surface area contributed by atoms with E-state index < -0.39 is 32.0 Å². The molecule has 0 unspecified atom stereocenters. The standard InChI is InChI=1S/C12H16N2O6S/c1-12(16)4-6-13(7-5-12)21(19,20)9-2-3-11(15)10(8-9)14(17)18/h2-3,8,15-16H,4-7H2,1H3. The monoisotopic (exact) mass is 316 g/mol. The lowest BCUT2D eigenvalue weighted by Gasteiger charge is -2.34. The van der Waals surface area contributed by atoms with Gasteiger partial charge in [-0.05, 0) is 31.9 Å². The molecule has 0 radical (unpaired) electrons. The molecule has 8 nitrogen and oxygen atoms in total. The van der Waals surface area contributed by atoms with Crippen molar-refractivity contribution in [3.05, 3.63) is 28.3 Å². The molecule has 2 N–H and O–H groups in total. The molecule has 0 spiro atoms. The van der Waals surface area contributed by atoms with Crippen molar-refractivity contribution in [3.8, 4) is 5.75 Å². The Morgan fingerprint density at radius 3 is 2.43 bits per heavy atom. The summed E-state index contributed by atoms with van der Waals surface area (Å²) in [5, 5.41) is 30.0. The van der Waals surface area contributed by atoms with Crippen LogP contribution in [-0.4, -0.2) is 46.5 Å². The summed E-state index contributed by atoms with van der Waals surface area (Å²) < 4.78 is 26.0. The second kappa shape index (κ2) is 5.24. The molecular weight excluding hydrogens is 300 g/mol. The Hall–Kier alpha value is -1.71. The molecule has 0 aromatic heterocycles. The van der Waals surface area contributed by atoms with E-state index in [0.717, 1.165) is 18.2 Å². The van der Waals surface area contributed by atoms with Crippen LogP contribution in [0, 0.1) is 10.1 Å². The third-order valence-electron chi connectivity index (χ3n) is 3.58. The Kier molecular flexibility index (Phi) is 3.91. The van der Waals surface area contributed by atoms with Crippen molar-refractivity contribution >= 4 is 15.7 Å². The van der Waals surface area contributed by atoms with Gasteiger partial charge in [-0.25, -0.2) is 8.42 Å².